The molecule has 0 unspecified atom stereocenters. The summed E-state index contributed by atoms with van der Waals surface area (Å²) in [6.07, 6.45) is 5.07. The van der Waals surface area contributed by atoms with Crippen LogP contribution < -0.4 is 11.1 Å². The molecule has 0 spiro atoms. The van der Waals surface area contributed by atoms with E-state index < -0.39 is 11.7 Å². The lowest BCUT2D eigenvalue weighted by atomic mass is 10.1. The number of nitrogens with zero attached hydrogens (tertiary/aromatic N) is 4. The Kier molecular flexibility index (Phi) is 6.56. The smallest absolute Gasteiger partial charge is 0.407 e. The van der Waals surface area contributed by atoms with Gasteiger partial charge in [0, 0.05) is 29.3 Å². The number of para-hydroxylation sites is 1. The number of amides is 1. The monoisotopic (exact) mass is 522 g/mol. The highest BCUT2D eigenvalue weighted by molar-refractivity contribution is 9.10. The number of hydrogen-bond acceptors (Lipinski definition) is 6. The lowest BCUT2D eigenvalue weighted by molar-refractivity contribution is 0.0500. The fourth-order valence-electron chi connectivity index (χ4n) is 3.88. The zero-order valence-electron chi connectivity index (χ0n) is 19.4. The van der Waals surface area contributed by atoms with E-state index in [1.54, 1.807) is 6.08 Å². The van der Waals surface area contributed by atoms with Crippen molar-refractivity contribution >= 4 is 49.8 Å². The van der Waals surface area contributed by atoms with Gasteiger partial charge in [-0.1, -0.05) is 24.3 Å². The van der Waals surface area contributed by atoms with Crippen molar-refractivity contribution in [2.24, 2.45) is 0 Å². The molecule has 4 aromatic rings. The van der Waals surface area contributed by atoms with E-state index in [1.807, 2.05) is 55.8 Å². The number of benzene rings is 1. The minimum Gasteiger partial charge on any atom is -0.444 e. The zero-order chi connectivity index (χ0) is 24.5. The number of halogens is 1. The molecule has 1 atom stereocenters. The maximum Gasteiger partial charge on any atom is 0.407 e. The Labute approximate surface area is 206 Å². The van der Waals surface area contributed by atoms with Gasteiger partial charge < -0.3 is 20.4 Å². The highest BCUT2D eigenvalue weighted by atomic mass is 79.9. The standard InChI is InChI=1S/C25H27BrN6O2/c1-5-8-17(31-24(33)34-25(2,3)4)13-32-21(26)19(20-22(27)29-14-30-23(20)32)16-11-15-9-6-7-10-18(15)28-12-16/h5-7,9-12,14,17H,1,8,13H2,2-4H3,(H,31,33)(H2,27,29,30)/t17-/m1/s1. The van der Waals surface area contributed by atoms with Gasteiger partial charge in [0.05, 0.1) is 21.5 Å². The van der Waals surface area contributed by atoms with E-state index in [0.29, 0.717) is 24.4 Å². The molecular formula is C25H27BrN6O2. The van der Waals surface area contributed by atoms with Crippen molar-refractivity contribution in [1.82, 2.24) is 24.8 Å². The van der Waals surface area contributed by atoms with Crippen LogP contribution in [0.5, 0.6) is 0 Å². The van der Waals surface area contributed by atoms with Crippen LogP contribution in [-0.2, 0) is 11.3 Å². The number of nitrogen functional groups attached to an aromatic ring is 1. The maximum absolute atomic E-state index is 12.4. The normalized spacial score (nSPS) is 12.6. The van der Waals surface area contributed by atoms with Gasteiger partial charge in [0.25, 0.3) is 0 Å². The summed E-state index contributed by atoms with van der Waals surface area (Å²) in [4.78, 5) is 25.8. The molecule has 3 aromatic heterocycles. The average molecular weight is 523 g/mol. The van der Waals surface area contributed by atoms with Gasteiger partial charge in [-0.2, -0.15) is 0 Å². The van der Waals surface area contributed by atoms with Gasteiger partial charge in [-0.25, -0.2) is 14.8 Å². The van der Waals surface area contributed by atoms with Crippen LogP contribution in [0.25, 0.3) is 33.1 Å². The summed E-state index contributed by atoms with van der Waals surface area (Å²) in [5.74, 6) is 0.369. The van der Waals surface area contributed by atoms with E-state index in [2.05, 4.69) is 48.8 Å². The second-order valence-electron chi connectivity index (χ2n) is 9.02. The molecule has 0 aliphatic rings. The maximum atomic E-state index is 12.4. The third-order valence-corrected chi connectivity index (χ3v) is 6.08. The fraction of sp³-hybridized carbons (Fsp3) is 0.280. The summed E-state index contributed by atoms with van der Waals surface area (Å²) in [5, 5.41) is 4.68. The Bertz CT molecular complexity index is 1380. The van der Waals surface area contributed by atoms with Crippen LogP contribution in [0.4, 0.5) is 10.6 Å². The van der Waals surface area contributed by atoms with Crippen LogP contribution in [0.3, 0.4) is 0 Å². The summed E-state index contributed by atoms with van der Waals surface area (Å²) in [6.45, 7) is 9.74. The molecule has 0 aliphatic carbocycles. The van der Waals surface area contributed by atoms with Gasteiger partial charge in [-0.05, 0) is 55.3 Å². The first-order valence-corrected chi connectivity index (χ1v) is 11.7. The topological polar surface area (TPSA) is 108 Å². The Hall–Kier alpha value is -3.46. The van der Waals surface area contributed by atoms with Gasteiger partial charge in [-0.15, -0.1) is 6.58 Å². The van der Waals surface area contributed by atoms with Crippen LogP contribution in [0, 0.1) is 0 Å². The summed E-state index contributed by atoms with van der Waals surface area (Å²) in [5.41, 5.74) is 9.02. The fourth-order valence-corrected chi connectivity index (χ4v) is 4.62. The Morgan fingerprint density at radius 3 is 2.79 bits per heavy atom. The van der Waals surface area contributed by atoms with Crippen molar-refractivity contribution < 1.29 is 9.53 Å². The Morgan fingerprint density at radius 2 is 2.06 bits per heavy atom. The largest absolute Gasteiger partial charge is 0.444 e. The van der Waals surface area contributed by atoms with Crippen LogP contribution in [0.2, 0.25) is 0 Å². The second-order valence-corrected chi connectivity index (χ2v) is 9.77. The highest BCUT2D eigenvalue weighted by Crippen LogP contribution is 2.40. The predicted octanol–water partition coefficient (Wildman–Crippen LogP) is 5.46. The first-order valence-electron chi connectivity index (χ1n) is 10.9. The van der Waals surface area contributed by atoms with Gasteiger partial charge >= 0.3 is 6.09 Å². The lowest BCUT2D eigenvalue weighted by Gasteiger charge is -2.24. The zero-order valence-corrected chi connectivity index (χ0v) is 21.0. The number of pyridine rings is 1. The van der Waals surface area contributed by atoms with Crippen molar-refractivity contribution in [2.45, 2.75) is 45.4 Å². The predicted molar refractivity (Wildman–Crippen MR) is 138 cm³/mol. The molecule has 176 valence electrons. The lowest BCUT2D eigenvalue weighted by Crippen LogP contribution is -2.41. The number of hydrogen-bond donors (Lipinski definition) is 2. The number of nitrogens with one attached hydrogen (secondary N) is 1. The third kappa shape index (κ3) is 4.89. The summed E-state index contributed by atoms with van der Waals surface area (Å²) in [7, 11) is 0. The summed E-state index contributed by atoms with van der Waals surface area (Å²) < 4.78 is 8.19. The van der Waals surface area contributed by atoms with Gasteiger partial charge in [0.1, 0.15) is 23.4 Å². The molecule has 0 radical (unpaired) electrons. The molecular weight excluding hydrogens is 496 g/mol. The second kappa shape index (κ2) is 9.42. The number of fused-ring (bicyclic) bond motifs is 2. The minimum atomic E-state index is -0.596. The third-order valence-electron chi connectivity index (χ3n) is 5.26. The molecule has 0 saturated carbocycles. The number of alkyl carbamates (subject to hydrolysis) is 1. The quantitative estimate of drug-likeness (QED) is 0.325. The number of rotatable bonds is 6. The molecule has 9 heteroatoms. The molecule has 4 rings (SSSR count). The van der Waals surface area contributed by atoms with Crippen LogP contribution in [0.1, 0.15) is 27.2 Å². The number of nitrogens with two attached hydrogens (primary N) is 1. The number of carbonyl (C=O) groups is 1. The van der Waals surface area contributed by atoms with Crippen LogP contribution in [-0.4, -0.2) is 37.3 Å². The number of carbonyl (C=O) groups excluding carboxylic acids is 1. The molecule has 0 bridgehead atoms. The van der Waals surface area contributed by atoms with Crippen molar-refractivity contribution in [3.63, 3.8) is 0 Å². The van der Waals surface area contributed by atoms with E-state index in [-0.39, 0.29) is 6.04 Å². The first kappa shape index (κ1) is 23.7. The SMILES string of the molecule is C=CC[C@H](Cn1c(Br)c(-c2cnc3ccccc3c2)c2c(N)ncnc21)NC(=O)OC(C)(C)C. The van der Waals surface area contributed by atoms with Crippen LogP contribution >= 0.6 is 15.9 Å². The van der Waals surface area contributed by atoms with E-state index >= 15 is 0 Å². The molecule has 3 N–H and O–H groups in total. The molecule has 1 aromatic carbocycles. The summed E-state index contributed by atoms with van der Waals surface area (Å²) >= 11 is 3.77. The molecule has 0 aliphatic heterocycles. The molecule has 34 heavy (non-hydrogen) atoms. The molecule has 0 fully saturated rings. The van der Waals surface area contributed by atoms with Gasteiger partial charge in [-0.3, -0.25) is 4.98 Å². The van der Waals surface area contributed by atoms with E-state index in [0.717, 1.165) is 32.0 Å². The first-order chi connectivity index (χ1) is 16.2. The van der Waals surface area contributed by atoms with Gasteiger partial charge in [0.2, 0.25) is 0 Å². The average Bonchev–Trinajstić information content (AvgIpc) is 3.05. The van der Waals surface area contributed by atoms with E-state index in [1.165, 1.54) is 6.33 Å². The summed E-state index contributed by atoms with van der Waals surface area (Å²) in [6, 6.07) is 9.71. The molecule has 1 amide bonds. The minimum absolute atomic E-state index is 0.280. The van der Waals surface area contributed by atoms with Gasteiger partial charge in [0.15, 0.2) is 0 Å². The number of ether oxygens (including phenoxy) is 1. The van der Waals surface area contributed by atoms with E-state index in [9.17, 15) is 4.79 Å². The molecule has 0 saturated heterocycles. The van der Waals surface area contributed by atoms with Crippen molar-refractivity contribution in [2.75, 3.05) is 5.73 Å². The highest BCUT2D eigenvalue weighted by Gasteiger charge is 2.25. The number of anilines is 1. The molecule has 8 nitrogen and oxygen atoms in total. The van der Waals surface area contributed by atoms with E-state index in [4.69, 9.17) is 10.5 Å². The molecule has 3 heterocycles. The Balaban J connectivity index is 1.79. The van der Waals surface area contributed by atoms with Crippen molar-refractivity contribution in [1.29, 1.82) is 0 Å². The Morgan fingerprint density at radius 1 is 1.29 bits per heavy atom. The van der Waals surface area contributed by atoms with Crippen LogP contribution in [0.15, 0.2) is 60.1 Å². The van der Waals surface area contributed by atoms with Crippen molar-refractivity contribution in [3.8, 4) is 11.1 Å². The van der Waals surface area contributed by atoms with Crippen molar-refractivity contribution in [3.05, 3.63) is 60.1 Å². The number of aromatic nitrogens is 4.